The highest BCUT2D eigenvalue weighted by molar-refractivity contribution is 7.25. The fourth-order valence-corrected chi connectivity index (χ4v) is 7.03. The minimum atomic E-state index is -0.246. The van der Waals surface area contributed by atoms with Crippen LogP contribution in [0, 0.1) is 12.7 Å². The Balaban J connectivity index is 1.25. The second-order valence-corrected chi connectivity index (χ2v) is 12.0. The van der Waals surface area contributed by atoms with Crippen LogP contribution in [0.5, 0.6) is 0 Å². The molecule has 0 bridgehead atoms. The average Bonchev–Trinajstić information content (AvgIpc) is 3.58. The Morgan fingerprint density at radius 1 is 0.535 bits per heavy atom. The molecule has 2 heterocycles. The number of rotatable bonds is 5. The summed E-state index contributed by atoms with van der Waals surface area (Å²) in [5.41, 5.74) is 7.98. The zero-order valence-electron chi connectivity index (χ0n) is 23.7. The highest BCUT2D eigenvalue weighted by Gasteiger charge is 2.17. The molecule has 8 aromatic rings. The van der Waals surface area contributed by atoms with Gasteiger partial charge in [0, 0.05) is 78.6 Å². The quantitative estimate of drug-likeness (QED) is 0.202. The first kappa shape index (κ1) is 25.6. The second kappa shape index (κ2) is 10.0. The third-order valence-corrected chi connectivity index (χ3v) is 9.33. The molecule has 0 aliphatic heterocycles. The molecule has 43 heavy (non-hydrogen) atoms. The first-order valence-electron chi connectivity index (χ1n) is 14.3. The van der Waals surface area contributed by atoms with Crippen LogP contribution in [0.25, 0.3) is 42.1 Å². The molecule has 3 nitrogen and oxygen atoms in total. The number of aryl methyl sites for hydroxylation is 1. The van der Waals surface area contributed by atoms with Crippen LogP contribution in [0.4, 0.5) is 32.8 Å². The number of para-hydroxylation sites is 1. The van der Waals surface area contributed by atoms with Crippen LogP contribution in [0.2, 0.25) is 0 Å². The minimum Gasteiger partial charge on any atom is -0.456 e. The molecule has 6 aromatic carbocycles. The van der Waals surface area contributed by atoms with Crippen LogP contribution in [0.3, 0.4) is 0 Å². The Hall–Kier alpha value is -5.13. The molecule has 8 rings (SSSR count). The molecule has 0 radical (unpaired) electrons. The van der Waals surface area contributed by atoms with Gasteiger partial charge in [0.1, 0.15) is 17.0 Å². The molecule has 0 aliphatic carbocycles. The van der Waals surface area contributed by atoms with Gasteiger partial charge in [-0.3, -0.25) is 0 Å². The Morgan fingerprint density at radius 3 is 1.86 bits per heavy atom. The summed E-state index contributed by atoms with van der Waals surface area (Å²) in [6.45, 7) is 2.15. The van der Waals surface area contributed by atoms with E-state index in [9.17, 15) is 4.39 Å². The average molecular weight is 579 g/mol. The van der Waals surface area contributed by atoms with Crippen molar-refractivity contribution < 1.29 is 8.81 Å². The van der Waals surface area contributed by atoms with E-state index in [2.05, 4.69) is 103 Å². The lowest BCUT2D eigenvalue weighted by molar-refractivity contribution is 0.628. The van der Waals surface area contributed by atoms with Gasteiger partial charge in [-0.1, -0.05) is 29.8 Å². The Morgan fingerprint density at radius 2 is 1.12 bits per heavy atom. The molecule has 0 N–H and O–H groups in total. The van der Waals surface area contributed by atoms with Crippen molar-refractivity contribution >= 4 is 81.9 Å². The Labute approximate surface area is 252 Å². The zero-order valence-corrected chi connectivity index (χ0v) is 24.5. The number of halogens is 1. The maximum Gasteiger partial charge on any atom is 0.137 e. The van der Waals surface area contributed by atoms with Crippen LogP contribution in [-0.2, 0) is 0 Å². The van der Waals surface area contributed by atoms with E-state index in [-0.39, 0.29) is 5.82 Å². The monoisotopic (exact) mass is 578 g/mol. The highest BCUT2D eigenvalue weighted by atomic mass is 32.1. The normalized spacial score (nSPS) is 11.6. The summed E-state index contributed by atoms with van der Waals surface area (Å²) in [5, 5.41) is 4.69. The van der Waals surface area contributed by atoms with Crippen LogP contribution in [-0.4, -0.2) is 7.05 Å². The van der Waals surface area contributed by atoms with Gasteiger partial charge in [0.25, 0.3) is 0 Å². The smallest absolute Gasteiger partial charge is 0.137 e. The van der Waals surface area contributed by atoms with Gasteiger partial charge in [-0.15, -0.1) is 11.3 Å². The molecule has 0 aliphatic rings. The van der Waals surface area contributed by atoms with E-state index in [1.807, 2.05) is 35.4 Å². The number of furan rings is 1. The fourth-order valence-electron chi connectivity index (χ4n) is 5.96. The van der Waals surface area contributed by atoms with Crippen molar-refractivity contribution in [3.8, 4) is 0 Å². The molecule has 0 spiro atoms. The SMILES string of the molecule is Cc1ccc2sc3ccc(N(c4ccccc4)c4ccc5c(c4)oc4cc(N(C)c6ccc(F)cc6)ccc45)cc3c2c1. The number of hydrogen-bond acceptors (Lipinski definition) is 4. The van der Waals surface area contributed by atoms with E-state index < -0.39 is 0 Å². The third-order valence-electron chi connectivity index (χ3n) is 8.18. The van der Waals surface area contributed by atoms with Gasteiger partial charge in [0.2, 0.25) is 0 Å². The third kappa shape index (κ3) is 4.41. The lowest BCUT2D eigenvalue weighted by atomic mass is 10.1. The van der Waals surface area contributed by atoms with Gasteiger partial charge in [-0.2, -0.15) is 0 Å². The molecule has 0 saturated heterocycles. The van der Waals surface area contributed by atoms with E-state index in [1.54, 1.807) is 12.1 Å². The van der Waals surface area contributed by atoms with Crippen LogP contribution in [0.1, 0.15) is 5.56 Å². The number of hydrogen-bond donors (Lipinski definition) is 0. The summed E-state index contributed by atoms with van der Waals surface area (Å²) in [7, 11) is 1.97. The highest BCUT2D eigenvalue weighted by Crippen LogP contribution is 2.42. The molecule has 0 amide bonds. The molecule has 5 heteroatoms. The predicted octanol–water partition coefficient (Wildman–Crippen LogP) is 11.6. The van der Waals surface area contributed by atoms with Crippen molar-refractivity contribution in [2.24, 2.45) is 0 Å². The summed E-state index contributed by atoms with van der Waals surface area (Å²) in [6.07, 6.45) is 0. The molecule has 0 saturated carbocycles. The van der Waals surface area contributed by atoms with Crippen molar-refractivity contribution in [2.75, 3.05) is 16.8 Å². The summed E-state index contributed by atoms with van der Waals surface area (Å²) in [4.78, 5) is 4.32. The number of anilines is 5. The topological polar surface area (TPSA) is 19.6 Å². The summed E-state index contributed by atoms with van der Waals surface area (Å²) >= 11 is 1.84. The number of thiophene rings is 1. The van der Waals surface area contributed by atoms with E-state index >= 15 is 0 Å². The van der Waals surface area contributed by atoms with E-state index in [4.69, 9.17) is 4.42 Å². The van der Waals surface area contributed by atoms with Crippen LogP contribution < -0.4 is 9.80 Å². The molecule has 208 valence electrons. The molecule has 0 unspecified atom stereocenters. The minimum absolute atomic E-state index is 0.246. The molecule has 0 fully saturated rings. The van der Waals surface area contributed by atoms with Crippen molar-refractivity contribution in [1.82, 2.24) is 0 Å². The van der Waals surface area contributed by atoms with Gasteiger partial charge >= 0.3 is 0 Å². The molecular formula is C38H27FN2OS. The zero-order chi connectivity index (χ0) is 29.1. The van der Waals surface area contributed by atoms with Crippen LogP contribution in [0.15, 0.2) is 132 Å². The van der Waals surface area contributed by atoms with Gasteiger partial charge < -0.3 is 14.2 Å². The van der Waals surface area contributed by atoms with E-state index in [1.165, 1.54) is 37.9 Å². The summed E-state index contributed by atoms with van der Waals surface area (Å²) in [6, 6.07) is 43.1. The molecule has 2 aromatic heterocycles. The van der Waals surface area contributed by atoms with Gasteiger partial charge in [0.05, 0.1) is 0 Å². The Bertz CT molecular complexity index is 2290. The van der Waals surface area contributed by atoms with Crippen molar-refractivity contribution in [1.29, 1.82) is 0 Å². The van der Waals surface area contributed by atoms with Crippen molar-refractivity contribution in [2.45, 2.75) is 6.92 Å². The largest absolute Gasteiger partial charge is 0.456 e. The van der Waals surface area contributed by atoms with Gasteiger partial charge in [0.15, 0.2) is 0 Å². The van der Waals surface area contributed by atoms with Crippen molar-refractivity contribution in [3.05, 3.63) is 139 Å². The van der Waals surface area contributed by atoms with Crippen LogP contribution >= 0.6 is 11.3 Å². The summed E-state index contributed by atoms with van der Waals surface area (Å²) in [5.74, 6) is -0.246. The number of benzene rings is 6. The fraction of sp³-hybridized carbons (Fsp3) is 0.0526. The molecular weight excluding hydrogens is 551 g/mol. The van der Waals surface area contributed by atoms with E-state index in [0.717, 1.165) is 50.4 Å². The summed E-state index contributed by atoms with van der Waals surface area (Å²) < 4.78 is 22.5. The lowest BCUT2D eigenvalue weighted by Gasteiger charge is -2.25. The Kier molecular flexibility index (Phi) is 5.95. The molecule has 0 atom stereocenters. The number of fused-ring (bicyclic) bond motifs is 6. The first-order valence-corrected chi connectivity index (χ1v) is 15.1. The maximum absolute atomic E-state index is 13.5. The standard InChI is InChI=1S/C38H27FN2OS/c1-24-8-18-37-33(20-24)34-21-29(15-19-38(34)43-37)41(27-6-4-3-5-7-27)30-14-17-32-31-16-13-28(22-35(31)42-36(32)23-30)40(2)26-11-9-25(39)10-12-26/h3-23H,1-2H3. The van der Waals surface area contributed by atoms with Gasteiger partial charge in [-0.25, -0.2) is 4.39 Å². The van der Waals surface area contributed by atoms with Gasteiger partial charge in [-0.05, 0) is 97.9 Å². The van der Waals surface area contributed by atoms with Crippen molar-refractivity contribution in [3.63, 3.8) is 0 Å². The predicted molar refractivity (Wildman–Crippen MR) is 180 cm³/mol. The maximum atomic E-state index is 13.5. The second-order valence-electron chi connectivity index (χ2n) is 11.0. The number of nitrogens with zero attached hydrogens (tertiary/aromatic N) is 2. The van der Waals surface area contributed by atoms with E-state index in [0.29, 0.717) is 0 Å². The lowest BCUT2D eigenvalue weighted by Crippen LogP contribution is -2.09. The first-order chi connectivity index (χ1) is 21.0.